The molecule has 2 N–H and O–H groups in total. The second-order valence-electron chi connectivity index (χ2n) is 1.23. The number of nitrogens with one attached hydrogen (secondary N) is 1. The molecular weight excluding hydrogens is 94.0 g/mol. The van der Waals surface area contributed by atoms with E-state index in [0.29, 0.717) is 6.61 Å². The molecule has 0 rings (SSSR count). The second-order valence-corrected chi connectivity index (χ2v) is 1.23. The van der Waals surface area contributed by atoms with E-state index in [1.54, 1.807) is 6.92 Å². The fourth-order valence-corrected chi connectivity index (χ4v) is 0.287. The van der Waals surface area contributed by atoms with Gasteiger partial charge in [-0.05, 0) is 13.8 Å². The molecule has 0 aliphatic heterocycles. The topological polar surface area (TPSA) is 41.5 Å². The van der Waals surface area contributed by atoms with Gasteiger partial charge in [0.15, 0.2) is 0 Å². The average Bonchev–Trinajstić information content (AvgIpc) is 1.68. The minimum atomic E-state index is -0.245. The van der Waals surface area contributed by atoms with E-state index in [1.807, 2.05) is 12.4 Å². The summed E-state index contributed by atoms with van der Waals surface area (Å²) in [5.74, 6) is 0. The van der Waals surface area contributed by atoms with Gasteiger partial charge in [-0.3, -0.25) is 0 Å². The highest BCUT2D eigenvalue weighted by Gasteiger charge is 1.91. The normalized spacial score (nSPS) is 14.1. The van der Waals surface area contributed by atoms with Crippen molar-refractivity contribution < 1.29 is 9.94 Å². The Morgan fingerprint density at radius 3 is 2.57 bits per heavy atom. The first-order chi connectivity index (χ1) is 3.31. The Balaban J connectivity index is 2.83. The first kappa shape index (κ1) is 6.88. The SMILES string of the molecule is CCOC(C)NO. The Bertz CT molecular complexity index is 40.7. The molecule has 0 fully saturated rings. The van der Waals surface area contributed by atoms with Crippen molar-refractivity contribution in [2.75, 3.05) is 6.61 Å². The third kappa shape index (κ3) is 3.72. The fraction of sp³-hybridized carbons (Fsp3) is 1.00. The standard InChI is InChI=1S/C4H11NO2/c1-3-7-4(2)5-6/h4-6H,3H2,1-2H3. The Morgan fingerprint density at radius 1 is 1.86 bits per heavy atom. The van der Waals surface area contributed by atoms with Crippen molar-refractivity contribution in [2.24, 2.45) is 0 Å². The van der Waals surface area contributed by atoms with E-state index in [-0.39, 0.29) is 6.23 Å². The number of hydroxylamine groups is 1. The van der Waals surface area contributed by atoms with Crippen LogP contribution in [0.25, 0.3) is 0 Å². The van der Waals surface area contributed by atoms with Crippen LogP contribution in [0.5, 0.6) is 0 Å². The molecule has 3 heteroatoms. The Kier molecular flexibility index (Phi) is 3.98. The van der Waals surface area contributed by atoms with Gasteiger partial charge in [0.05, 0.1) is 0 Å². The van der Waals surface area contributed by atoms with Crippen LogP contribution in [0.15, 0.2) is 0 Å². The summed E-state index contributed by atoms with van der Waals surface area (Å²) in [4.78, 5) is 0. The van der Waals surface area contributed by atoms with Gasteiger partial charge in [-0.15, -0.1) is 0 Å². The molecular formula is C4H11NO2. The third-order valence-corrected chi connectivity index (χ3v) is 0.598. The van der Waals surface area contributed by atoms with Gasteiger partial charge in [0.25, 0.3) is 0 Å². The third-order valence-electron chi connectivity index (χ3n) is 0.598. The highest BCUT2D eigenvalue weighted by Crippen LogP contribution is 1.79. The van der Waals surface area contributed by atoms with E-state index in [1.165, 1.54) is 0 Å². The van der Waals surface area contributed by atoms with Gasteiger partial charge in [0.1, 0.15) is 6.23 Å². The molecule has 0 spiro atoms. The monoisotopic (exact) mass is 105 g/mol. The van der Waals surface area contributed by atoms with Gasteiger partial charge in [0.2, 0.25) is 0 Å². The molecule has 0 saturated carbocycles. The van der Waals surface area contributed by atoms with E-state index >= 15 is 0 Å². The van der Waals surface area contributed by atoms with Crippen molar-refractivity contribution in [3.63, 3.8) is 0 Å². The number of ether oxygens (including phenoxy) is 1. The predicted molar refractivity (Wildman–Crippen MR) is 26.0 cm³/mol. The highest BCUT2D eigenvalue weighted by atomic mass is 16.6. The summed E-state index contributed by atoms with van der Waals surface area (Å²) in [7, 11) is 0. The van der Waals surface area contributed by atoms with Crippen LogP contribution in [0.1, 0.15) is 13.8 Å². The Morgan fingerprint density at radius 2 is 2.43 bits per heavy atom. The first-order valence-electron chi connectivity index (χ1n) is 2.32. The molecule has 0 aliphatic rings. The van der Waals surface area contributed by atoms with E-state index in [2.05, 4.69) is 0 Å². The minimum absolute atomic E-state index is 0.245. The van der Waals surface area contributed by atoms with Crippen molar-refractivity contribution in [1.82, 2.24) is 5.48 Å². The summed E-state index contributed by atoms with van der Waals surface area (Å²) in [6.07, 6.45) is -0.245. The first-order valence-corrected chi connectivity index (χ1v) is 2.32. The lowest BCUT2D eigenvalue weighted by atomic mass is 10.7. The smallest absolute Gasteiger partial charge is 0.127 e. The zero-order valence-corrected chi connectivity index (χ0v) is 4.64. The van der Waals surface area contributed by atoms with Crippen molar-refractivity contribution in [3.8, 4) is 0 Å². The van der Waals surface area contributed by atoms with E-state index in [0.717, 1.165) is 0 Å². The summed E-state index contributed by atoms with van der Waals surface area (Å²) in [5, 5.41) is 8.09. The zero-order valence-electron chi connectivity index (χ0n) is 4.64. The largest absolute Gasteiger partial charge is 0.362 e. The lowest BCUT2D eigenvalue weighted by Crippen LogP contribution is -2.24. The molecule has 7 heavy (non-hydrogen) atoms. The van der Waals surface area contributed by atoms with E-state index < -0.39 is 0 Å². The zero-order chi connectivity index (χ0) is 5.70. The van der Waals surface area contributed by atoms with Crippen molar-refractivity contribution in [1.29, 1.82) is 0 Å². The van der Waals surface area contributed by atoms with Crippen molar-refractivity contribution >= 4 is 0 Å². The molecule has 3 nitrogen and oxygen atoms in total. The molecule has 0 radical (unpaired) electrons. The van der Waals surface area contributed by atoms with Crippen LogP contribution in [0.4, 0.5) is 0 Å². The molecule has 0 saturated heterocycles. The lowest BCUT2D eigenvalue weighted by Gasteiger charge is -2.06. The summed E-state index contributed by atoms with van der Waals surface area (Å²) >= 11 is 0. The van der Waals surface area contributed by atoms with Gasteiger partial charge in [0, 0.05) is 6.61 Å². The van der Waals surface area contributed by atoms with Crippen LogP contribution in [0.3, 0.4) is 0 Å². The predicted octanol–water partition coefficient (Wildman–Crippen LogP) is 0.348. The summed E-state index contributed by atoms with van der Waals surface area (Å²) < 4.78 is 4.83. The maximum atomic E-state index is 8.09. The Labute approximate surface area is 43.2 Å². The van der Waals surface area contributed by atoms with Gasteiger partial charge in [-0.2, -0.15) is 5.48 Å². The van der Waals surface area contributed by atoms with Gasteiger partial charge >= 0.3 is 0 Å². The van der Waals surface area contributed by atoms with Crippen LogP contribution < -0.4 is 5.48 Å². The summed E-state index contributed by atoms with van der Waals surface area (Å²) in [6.45, 7) is 4.21. The molecule has 0 bridgehead atoms. The molecule has 1 unspecified atom stereocenters. The molecule has 0 amide bonds. The average molecular weight is 105 g/mol. The van der Waals surface area contributed by atoms with Crippen LogP contribution >= 0.6 is 0 Å². The number of rotatable bonds is 3. The van der Waals surface area contributed by atoms with E-state index in [9.17, 15) is 0 Å². The maximum absolute atomic E-state index is 8.09. The number of hydrogen-bond donors (Lipinski definition) is 2. The maximum Gasteiger partial charge on any atom is 0.127 e. The fourth-order valence-electron chi connectivity index (χ4n) is 0.287. The number of hydrogen-bond acceptors (Lipinski definition) is 3. The Hall–Kier alpha value is -0.120. The summed E-state index contributed by atoms with van der Waals surface area (Å²) in [5.41, 5.74) is 1.94. The highest BCUT2D eigenvalue weighted by molar-refractivity contribution is 4.30. The lowest BCUT2D eigenvalue weighted by molar-refractivity contribution is -0.0361. The van der Waals surface area contributed by atoms with Gasteiger partial charge in [-0.1, -0.05) is 0 Å². The quantitative estimate of drug-likeness (QED) is 0.402. The molecule has 1 atom stereocenters. The molecule has 0 aliphatic carbocycles. The van der Waals surface area contributed by atoms with Gasteiger partial charge < -0.3 is 9.94 Å². The van der Waals surface area contributed by atoms with Crippen LogP contribution in [0, 0.1) is 0 Å². The van der Waals surface area contributed by atoms with Gasteiger partial charge in [-0.25, -0.2) is 0 Å². The van der Waals surface area contributed by atoms with Crippen LogP contribution in [-0.2, 0) is 4.74 Å². The molecule has 0 aromatic heterocycles. The van der Waals surface area contributed by atoms with E-state index in [4.69, 9.17) is 9.94 Å². The molecule has 0 heterocycles. The molecule has 0 aromatic rings. The molecule has 0 aromatic carbocycles. The van der Waals surface area contributed by atoms with Crippen molar-refractivity contribution in [3.05, 3.63) is 0 Å². The minimum Gasteiger partial charge on any atom is -0.362 e. The second kappa shape index (κ2) is 4.05. The van der Waals surface area contributed by atoms with Crippen LogP contribution in [0.2, 0.25) is 0 Å². The molecule has 44 valence electrons. The summed E-state index contributed by atoms with van der Waals surface area (Å²) in [6, 6.07) is 0. The van der Waals surface area contributed by atoms with Crippen LogP contribution in [-0.4, -0.2) is 18.0 Å². The van der Waals surface area contributed by atoms with Crippen molar-refractivity contribution in [2.45, 2.75) is 20.1 Å².